The molecule has 0 amide bonds. The van der Waals surface area contributed by atoms with Crippen LogP contribution in [0.3, 0.4) is 0 Å². The third kappa shape index (κ3) is 3.17. The summed E-state index contributed by atoms with van der Waals surface area (Å²) in [5, 5.41) is 7.46. The van der Waals surface area contributed by atoms with E-state index in [1.54, 1.807) is 0 Å². The molecule has 1 heterocycles. The van der Waals surface area contributed by atoms with Crippen LogP contribution in [0.25, 0.3) is 0 Å². The Morgan fingerprint density at radius 2 is 2.12 bits per heavy atom. The zero-order chi connectivity index (χ0) is 13.2. The maximum Gasteiger partial charge on any atom is 0.323 e. The molecule has 0 spiro atoms. The number of aliphatic carboxylic acids is 1. The van der Waals surface area contributed by atoms with Crippen LogP contribution in [0.5, 0.6) is 0 Å². The number of likely N-dealkylation sites (N-methyl/N-ethyl adjacent to an activating group) is 1. The van der Waals surface area contributed by atoms with Crippen LogP contribution in [0.15, 0.2) is 0 Å². The lowest BCUT2D eigenvalue weighted by molar-refractivity contribution is -0.136. The van der Waals surface area contributed by atoms with Gasteiger partial charge in [-0.1, -0.05) is 0 Å². The van der Waals surface area contributed by atoms with E-state index in [1.807, 2.05) is 19.0 Å². The highest BCUT2D eigenvalue weighted by Crippen LogP contribution is 2.24. The lowest BCUT2D eigenvalue weighted by Crippen LogP contribution is -2.46. The summed E-state index contributed by atoms with van der Waals surface area (Å²) in [7, 11) is 0.0318. The highest BCUT2D eigenvalue weighted by Gasteiger charge is 2.40. The minimum Gasteiger partial charge on any atom is -0.480 e. The molecular formula is C10H20N2O4S. The summed E-state index contributed by atoms with van der Waals surface area (Å²) in [5.41, 5.74) is 0. The smallest absolute Gasteiger partial charge is 0.323 e. The molecule has 0 aliphatic carbocycles. The zero-order valence-electron chi connectivity index (χ0n) is 10.5. The van der Waals surface area contributed by atoms with Gasteiger partial charge in [0.05, 0.1) is 0 Å². The highest BCUT2D eigenvalue weighted by molar-refractivity contribution is 7.90. The molecule has 1 aliphatic rings. The first-order valence-corrected chi connectivity index (χ1v) is 7.15. The Hall–Kier alpha value is -0.660. The minimum absolute atomic E-state index is 0.100. The summed E-state index contributed by atoms with van der Waals surface area (Å²) in [6, 6.07) is -0.100. The van der Waals surface area contributed by atoms with Gasteiger partial charge in [-0.3, -0.25) is 4.79 Å². The maximum absolute atomic E-state index is 12.1. The molecule has 0 aromatic heterocycles. The number of carbonyl (C=O) groups is 1. The Bertz CT molecular complexity index is 380. The fourth-order valence-corrected chi connectivity index (χ4v) is 3.71. The number of carboxylic acids is 1. The molecule has 0 radical (unpaired) electrons. The van der Waals surface area contributed by atoms with Gasteiger partial charge in [0.15, 0.2) is 5.25 Å². The van der Waals surface area contributed by atoms with Crippen LogP contribution >= 0.6 is 0 Å². The number of carboxylic acid groups (broad SMARTS) is 1. The monoisotopic (exact) mass is 264 g/mol. The summed E-state index contributed by atoms with van der Waals surface area (Å²) in [6.45, 7) is 2.28. The van der Waals surface area contributed by atoms with Gasteiger partial charge >= 0.3 is 5.97 Å². The van der Waals surface area contributed by atoms with Crippen molar-refractivity contribution in [3.63, 3.8) is 0 Å². The van der Waals surface area contributed by atoms with Gasteiger partial charge in [-0.25, -0.2) is 8.42 Å². The van der Waals surface area contributed by atoms with Crippen LogP contribution in [0, 0.1) is 0 Å². The van der Waals surface area contributed by atoms with Crippen LogP contribution in [0.1, 0.15) is 19.8 Å². The van der Waals surface area contributed by atoms with Crippen molar-refractivity contribution in [3.8, 4) is 0 Å². The van der Waals surface area contributed by atoms with E-state index in [9.17, 15) is 13.2 Å². The molecule has 7 heteroatoms. The van der Waals surface area contributed by atoms with Gasteiger partial charge in [0.2, 0.25) is 10.0 Å². The van der Waals surface area contributed by atoms with Gasteiger partial charge < -0.3 is 10.0 Å². The van der Waals surface area contributed by atoms with Gasteiger partial charge in [0.25, 0.3) is 0 Å². The third-order valence-electron chi connectivity index (χ3n) is 3.02. The third-order valence-corrected chi connectivity index (χ3v) is 5.25. The van der Waals surface area contributed by atoms with Crippen molar-refractivity contribution in [1.29, 1.82) is 0 Å². The first-order valence-electron chi connectivity index (χ1n) is 5.65. The van der Waals surface area contributed by atoms with Crippen LogP contribution < -0.4 is 0 Å². The van der Waals surface area contributed by atoms with Crippen LogP contribution in [0.4, 0.5) is 0 Å². The average Bonchev–Trinajstić information content (AvgIpc) is 2.63. The molecule has 100 valence electrons. The van der Waals surface area contributed by atoms with Crippen LogP contribution in [-0.2, 0) is 14.8 Å². The fourth-order valence-electron chi connectivity index (χ4n) is 2.08. The van der Waals surface area contributed by atoms with Crippen molar-refractivity contribution in [2.45, 2.75) is 31.1 Å². The molecule has 0 saturated carbocycles. The molecule has 1 rings (SSSR count). The first-order chi connectivity index (χ1) is 7.76. The zero-order valence-corrected chi connectivity index (χ0v) is 11.3. The molecule has 1 aliphatic heterocycles. The summed E-state index contributed by atoms with van der Waals surface area (Å²) >= 11 is 0. The predicted octanol–water partition coefficient (Wildman–Crippen LogP) is -0.185. The van der Waals surface area contributed by atoms with Crippen LogP contribution in [0.2, 0.25) is 0 Å². The van der Waals surface area contributed by atoms with Crippen molar-refractivity contribution < 1.29 is 18.3 Å². The van der Waals surface area contributed by atoms with E-state index < -0.39 is 21.2 Å². The molecule has 0 bridgehead atoms. The van der Waals surface area contributed by atoms with Crippen molar-refractivity contribution >= 4 is 16.0 Å². The van der Waals surface area contributed by atoms with E-state index in [2.05, 4.69) is 0 Å². The van der Waals surface area contributed by atoms with Gasteiger partial charge in [0, 0.05) is 19.1 Å². The standard InChI is InChI=1S/C10H20N2O4S/c1-8(10(13)14)17(15,16)12-6-4-5-9(12)7-11(2)3/h8-9H,4-7H2,1-3H3,(H,13,14). The first kappa shape index (κ1) is 14.4. The lowest BCUT2D eigenvalue weighted by atomic mass is 10.2. The number of sulfonamides is 1. The molecule has 2 unspecified atom stereocenters. The second kappa shape index (κ2) is 5.32. The summed E-state index contributed by atoms with van der Waals surface area (Å²) < 4.78 is 25.5. The normalized spacial score (nSPS) is 24.1. The fraction of sp³-hybridized carbons (Fsp3) is 0.900. The number of rotatable bonds is 5. The van der Waals surface area contributed by atoms with E-state index in [4.69, 9.17) is 5.11 Å². The molecule has 17 heavy (non-hydrogen) atoms. The second-order valence-electron chi connectivity index (χ2n) is 4.69. The Balaban J connectivity index is 2.87. The molecular weight excluding hydrogens is 244 g/mol. The molecule has 1 fully saturated rings. The van der Waals surface area contributed by atoms with Crippen molar-refractivity contribution in [2.24, 2.45) is 0 Å². The van der Waals surface area contributed by atoms with E-state index in [0.29, 0.717) is 13.1 Å². The number of hydrogen-bond acceptors (Lipinski definition) is 4. The maximum atomic E-state index is 12.1. The van der Waals surface area contributed by atoms with Crippen molar-refractivity contribution in [3.05, 3.63) is 0 Å². The van der Waals surface area contributed by atoms with Gasteiger partial charge in [-0.2, -0.15) is 4.31 Å². The number of hydrogen-bond donors (Lipinski definition) is 1. The Labute approximate surface area is 102 Å². The van der Waals surface area contributed by atoms with Crippen LogP contribution in [-0.4, -0.2) is 67.2 Å². The quantitative estimate of drug-likeness (QED) is 0.745. The Morgan fingerprint density at radius 1 is 1.53 bits per heavy atom. The predicted molar refractivity (Wildman–Crippen MR) is 64.3 cm³/mol. The van der Waals surface area contributed by atoms with E-state index in [0.717, 1.165) is 12.8 Å². The molecule has 0 aromatic carbocycles. The summed E-state index contributed by atoms with van der Waals surface area (Å²) in [4.78, 5) is 12.7. The van der Waals surface area contributed by atoms with Gasteiger partial charge in [-0.15, -0.1) is 0 Å². The molecule has 0 aromatic rings. The van der Waals surface area contributed by atoms with Crippen molar-refractivity contribution in [1.82, 2.24) is 9.21 Å². The van der Waals surface area contributed by atoms with Gasteiger partial charge in [-0.05, 0) is 33.9 Å². The largest absolute Gasteiger partial charge is 0.480 e. The molecule has 6 nitrogen and oxygen atoms in total. The van der Waals surface area contributed by atoms with Crippen molar-refractivity contribution in [2.75, 3.05) is 27.2 Å². The lowest BCUT2D eigenvalue weighted by Gasteiger charge is -2.27. The van der Waals surface area contributed by atoms with E-state index in [1.165, 1.54) is 11.2 Å². The van der Waals surface area contributed by atoms with Gasteiger partial charge in [0.1, 0.15) is 0 Å². The molecule has 2 atom stereocenters. The van der Waals surface area contributed by atoms with E-state index in [-0.39, 0.29) is 6.04 Å². The molecule has 1 N–H and O–H groups in total. The minimum atomic E-state index is -3.73. The average molecular weight is 264 g/mol. The molecule has 1 saturated heterocycles. The SMILES string of the molecule is CC(C(=O)O)S(=O)(=O)N1CCCC1CN(C)C. The highest BCUT2D eigenvalue weighted by atomic mass is 32.2. The summed E-state index contributed by atoms with van der Waals surface area (Å²) in [6.07, 6.45) is 1.59. The van der Waals surface area contributed by atoms with E-state index >= 15 is 0 Å². The second-order valence-corrected chi connectivity index (χ2v) is 6.90. The summed E-state index contributed by atoms with van der Waals surface area (Å²) in [5.74, 6) is -1.29. The Kier molecular flexibility index (Phi) is 4.51. The topological polar surface area (TPSA) is 77.9 Å². The Morgan fingerprint density at radius 3 is 2.59 bits per heavy atom. The number of nitrogens with zero attached hydrogens (tertiary/aromatic N) is 2.